The van der Waals surface area contributed by atoms with Crippen molar-refractivity contribution in [2.24, 2.45) is 5.10 Å². The number of hydrogen-bond acceptors (Lipinski definition) is 12. The van der Waals surface area contributed by atoms with Crippen molar-refractivity contribution in [3.05, 3.63) is 137 Å². The van der Waals surface area contributed by atoms with Gasteiger partial charge in [0, 0.05) is 11.6 Å². The maximum Gasteiger partial charge on any atom is 0.362 e. The van der Waals surface area contributed by atoms with Crippen molar-refractivity contribution < 1.29 is 28.2 Å². The van der Waals surface area contributed by atoms with Crippen LogP contribution >= 0.6 is 23.5 Å². The number of thioether (sulfide) groups is 2. The summed E-state index contributed by atoms with van der Waals surface area (Å²) in [5.74, 6) is -2.99. The zero-order chi connectivity index (χ0) is 32.4. The van der Waals surface area contributed by atoms with Gasteiger partial charge in [0.1, 0.15) is 21.5 Å². The number of aromatic nitrogens is 2. The van der Waals surface area contributed by atoms with Crippen LogP contribution in [-0.4, -0.2) is 44.0 Å². The fourth-order valence-corrected chi connectivity index (χ4v) is 6.04. The first kappa shape index (κ1) is 31.0. The van der Waals surface area contributed by atoms with Crippen molar-refractivity contribution in [3.8, 4) is 5.69 Å². The highest BCUT2D eigenvalue weighted by Gasteiger charge is 2.39. The summed E-state index contributed by atoms with van der Waals surface area (Å²) in [5.41, 5.74) is -3.79. The third kappa shape index (κ3) is 5.89. The van der Waals surface area contributed by atoms with E-state index in [1.165, 1.54) is 23.4 Å². The Balaban J connectivity index is 1.87. The van der Waals surface area contributed by atoms with E-state index in [1.54, 1.807) is 30.3 Å². The maximum absolute atomic E-state index is 14.2. The number of rotatable bonds is 8. The monoisotopic (exact) mass is 652 g/mol. The van der Waals surface area contributed by atoms with Gasteiger partial charge in [0.25, 0.3) is 0 Å². The predicted octanol–water partition coefficient (Wildman–Crippen LogP) is 5.45. The smallest absolute Gasteiger partial charge is 0.362 e. The number of nitro benzene ring substituents is 1. The Labute approximate surface area is 260 Å². The van der Waals surface area contributed by atoms with Crippen molar-refractivity contribution in [3.63, 3.8) is 0 Å². The zero-order valence-electron chi connectivity index (χ0n) is 23.0. The summed E-state index contributed by atoms with van der Waals surface area (Å²) in [7, 11) is 0.967. The molecule has 0 saturated heterocycles. The van der Waals surface area contributed by atoms with E-state index >= 15 is 0 Å². The maximum atomic E-state index is 14.2. The van der Waals surface area contributed by atoms with Crippen molar-refractivity contribution >= 4 is 51.6 Å². The molecule has 0 radical (unpaired) electrons. The van der Waals surface area contributed by atoms with Gasteiger partial charge in [-0.3, -0.25) is 25.0 Å². The van der Waals surface area contributed by atoms with E-state index in [0.29, 0.717) is 10.6 Å². The molecule has 1 aliphatic heterocycles. The van der Waals surface area contributed by atoms with E-state index < -0.39 is 55.5 Å². The molecule has 1 aliphatic rings. The molecule has 0 N–H and O–H groups in total. The van der Waals surface area contributed by atoms with Crippen molar-refractivity contribution in [1.82, 2.24) is 9.78 Å². The van der Waals surface area contributed by atoms with Crippen LogP contribution in [0.4, 0.5) is 20.2 Å². The van der Waals surface area contributed by atoms with Crippen LogP contribution < -0.4 is 10.4 Å². The topological polar surface area (TPSA) is 163 Å². The number of benzene rings is 3. The average Bonchev–Trinajstić information content (AvgIpc) is 3.47. The lowest BCUT2D eigenvalue weighted by Crippen LogP contribution is -2.29. The van der Waals surface area contributed by atoms with Gasteiger partial charge in [-0.05, 0) is 54.4 Å². The van der Waals surface area contributed by atoms with Crippen LogP contribution in [0, 0.1) is 31.9 Å². The lowest BCUT2D eigenvalue weighted by molar-refractivity contribution is -0.387. The molecule has 2 heterocycles. The summed E-state index contributed by atoms with van der Waals surface area (Å²) in [4.78, 5) is 49.2. The summed E-state index contributed by atoms with van der Waals surface area (Å²) in [6.07, 6.45) is 1.46. The second kappa shape index (κ2) is 12.7. The lowest BCUT2D eigenvalue weighted by atomic mass is 10.1. The Morgan fingerprint density at radius 2 is 1.67 bits per heavy atom. The van der Waals surface area contributed by atoms with Gasteiger partial charge in [-0.15, -0.1) is 11.8 Å². The molecule has 0 fully saturated rings. The first-order valence-corrected chi connectivity index (χ1v) is 14.6. The summed E-state index contributed by atoms with van der Waals surface area (Å²) < 4.78 is 33.7. The van der Waals surface area contributed by atoms with Gasteiger partial charge in [-0.25, -0.2) is 18.9 Å². The molecule has 0 atom stereocenters. The Morgan fingerprint density at radius 1 is 1.00 bits per heavy atom. The summed E-state index contributed by atoms with van der Waals surface area (Å²) in [6.45, 7) is 0. The first-order chi connectivity index (χ1) is 21.5. The second-order valence-corrected chi connectivity index (χ2v) is 10.7. The molecule has 0 aliphatic carbocycles. The number of methoxy groups -OCH3 is 1. The Morgan fingerprint density at radius 3 is 2.27 bits per heavy atom. The van der Waals surface area contributed by atoms with Gasteiger partial charge < -0.3 is 4.74 Å². The number of carbonyl (C=O) groups excluding carboxylic acids is 1. The summed E-state index contributed by atoms with van der Waals surface area (Å²) >= 11 is 1.66. The normalized spacial score (nSPS) is 13.8. The number of hydrazone groups is 1. The molecule has 4 aromatic rings. The molecule has 13 nitrogen and oxygen atoms in total. The molecule has 45 heavy (non-hydrogen) atoms. The second-order valence-electron chi connectivity index (χ2n) is 8.93. The van der Waals surface area contributed by atoms with E-state index in [4.69, 9.17) is 4.74 Å². The Hall–Kier alpha value is -5.42. The molecule has 0 spiro atoms. The molecule has 5 rings (SSSR count). The quantitative estimate of drug-likeness (QED) is 0.103. The molecule has 228 valence electrons. The molecule has 17 heteroatoms. The van der Waals surface area contributed by atoms with E-state index in [9.17, 15) is 38.6 Å². The predicted molar refractivity (Wildman–Crippen MR) is 163 cm³/mol. The minimum absolute atomic E-state index is 0.178. The van der Waals surface area contributed by atoms with Crippen LogP contribution in [0.3, 0.4) is 0 Å². The van der Waals surface area contributed by atoms with Gasteiger partial charge in [-0.2, -0.15) is 14.6 Å². The highest BCUT2D eigenvalue weighted by molar-refractivity contribution is 8.18. The third-order valence-electron chi connectivity index (χ3n) is 6.28. The van der Waals surface area contributed by atoms with Gasteiger partial charge in [0.05, 0.1) is 28.3 Å². The average molecular weight is 653 g/mol. The Kier molecular flexibility index (Phi) is 8.73. The number of esters is 1. The largest absolute Gasteiger partial charge is 0.464 e. The fourth-order valence-electron chi connectivity index (χ4n) is 4.26. The SMILES string of the molecule is COC(=O)c1nn(-c2ccc(F)c([N+](=O)[O-])c2)c(SC)c(/C(=C2/SC(c3ccccc3)=NN2c2ccc(F)cc2)[N+](=O)[O-])c1=O. The molecule has 1 aromatic heterocycles. The molecular weight excluding hydrogens is 634 g/mol. The van der Waals surface area contributed by atoms with E-state index in [1.807, 2.05) is 0 Å². The fraction of sp³-hybridized carbons (Fsp3) is 0.0714. The van der Waals surface area contributed by atoms with Crippen LogP contribution in [0.15, 0.2) is 92.7 Å². The van der Waals surface area contributed by atoms with Gasteiger partial charge in [-0.1, -0.05) is 30.3 Å². The van der Waals surface area contributed by atoms with E-state index in [0.717, 1.165) is 65.6 Å². The highest BCUT2D eigenvalue weighted by Crippen LogP contribution is 2.42. The molecule has 0 amide bonds. The van der Waals surface area contributed by atoms with Crippen molar-refractivity contribution in [1.29, 1.82) is 0 Å². The van der Waals surface area contributed by atoms with Gasteiger partial charge in [0.15, 0.2) is 5.03 Å². The van der Waals surface area contributed by atoms with Crippen molar-refractivity contribution in [2.75, 3.05) is 18.4 Å². The number of nitro groups is 2. The highest BCUT2D eigenvalue weighted by atomic mass is 32.2. The summed E-state index contributed by atoms with van der Waals surface area (Å²) in [5, 5.41) is 34.0. The standard InChI is InChI=1S/C28H18F2N6O7S2/c1-43-28(38)22-24(37)21(26(44-2)34(31-22)18-12-13-19(30)20(14-18)35(39)40)23(36(41)42)27-33(17-10-8-16(29)9-11-17)32-25(45-27)15-6-4-3-5-7-15/h3-14H,1-2H3/b27-23-. The zero-order valence-corrected chi connectivity index (χ0v) is 24.7. The van der Waals surface area contributed by atoms with Crippen LogP contribution in [0.2, 0.25) is 0 Å². The minimum Gasteiger partial charge on any atom is -0.464 e. The number of nitrogens with zero attached hydrogens (tertiary/aromatic N) is 6. The van der Waals surface area contributed by atoms with E-state index in [-0.39, 0.29) is 21.4 Å². The Bertz CT molecular complexity index is 1990. The number of carbonyl (C=O) groups is 1. The third-order valence-corrected chi connectivity index (χ3v) is 8.12. The number of hydrogen-bond donors (Lipinski definition) is 0. The molecular formula is C28H18F2N6O7S2. The number of halogens is 2. The lowest BCUT2D eigenvalue weighted by Gasteiger charge is -2.18. The molecule has 0 saturated carbocycles. The van der Waals surface area contributed by atoms with Gasteiger partial charge >= 0.3 is 17.4 Å². The minimum atomic E-state index is -1.25. The number of anilines is 1. The van der Waals surface area contributed by atoms with Gasteiger partial charge in [0.2, 0.25) is 16.9 Å². The molecule has 0 unspecified atom stereocenters. The molecule has 3 aromatic carbocycles. The van der Waals surface area contributed by atoms with E-state index in [2.05, 4.69) is 10.2 Å². The summed E-state index contributed by atoms with van der Waals surface area (Å²) in [6, 6.07) is 16.3. The van der Waals surface area contributed by atoms with Crippen LogP contribution in [0.25, 0.3) is 11.4 Å². The van der Waals surface area contributed by atoms with Crippen LogP contribution in [-0.2, 0) is 4.74 Å². The molecule has 0 bridgehead atoms. The van der Waals surface area contributed by atoms with Crippen LogP contribution in [0.5, 0.6) is 0 Å². The number of ether oxygens (including phenoxy) is 1. The van der Waals surface area contributed by atoms with Crippen molar-refractivity contribution in [2.45, 2.75) is 5.03 Å². The van der Waals surface area contributed by atoms with Crippen LogP contribution in [0.1, 0.15) is 21.6 Å². The first-order valence-electron chi connectivity index (χ1n) is 12.6.